The fourth-order valence-electron chi connectivity index (χ4n) is 1.97. The van der Waals surface area contributed by atoms with E-state index >= 15 is 0 Å². The number of rotatable bonds is 8. The summed E-state index contributed by atoms with van der Waals surface area (Å²) in [5.41, 5.74) is 0.979. The molecule has 0 aliphatic heterocycles. The number of nitrogens with one attached hydrogen (secondary N) is 2. The molecule has 1 heterocycles. The summed E-state index contributed by atoms with van der Waals surface area (Å²) in [7, 11) is -2.05. The van der Waals surface area contributed by atoms with Crippen molar-refractivity contribution in [1.82, 2.24) is 10.0 Å². The van der Waals surface area contributed by atoms with Crippen LogP contribution in [0.2, 0.25) is 0 Å². The van der Waals surface area contributed by atoms with E-state index in [1.165, 1.54) is 19.2 Å². The molecule has 2 N–H and O–H groups in total. The lowest BCUT2D eigenvalue weighted by Gasteiger charge is -2.07. The number of aryl methyl sites for hydroxylation is 1. The van der Waals surface area contributed by atoms with Gasteiger partial charge in [-0.1, -0.05) is 17.7 Å². The topological polar surface area (TPSA) is 97.6 Å². The number of hydrogen-bond donors (Lipinski definition) is 2. The van der Waals surface area contributed by atoms with Crippen LogP contribution >= 0.6 is 0 Å². The number of ether oxygens (including phenoxy) is 1. The number of hydrogen-bond acceptors (Lipinski definition) is 5. The fourth-order valence-corrected chi connectivity index (χ4v) is 3.00. The van der Waals surface area contributed by atoms with Gasteiger partial charge >= 0.3 is 0 Å². The lowest BCUT2D eigenvalue weighted by molar-refractivity contribution is 0.0918. The first kappa shape index (κ1) is 18.2. The molecule has 2 aromatic rings. The number of benzene rings is 1. The van der Waals surface area contributed by atoms with Crippen LogP contribution in [0.4, 0.5) is 0 Å². The number of furan rings is 1. The first-order chi connectivity index (χ1) is 11.4. The van der Waals surface area contributed by atoms with Crippen LogP contribution in [0, 0.1) is 6.92 Å². The molecular formula is C16H20N2O5S. The summed E-state index contributed by atoms with van der Waals surface area (Å²) < 4.78 is 36.8. The van der Waals surface area contributed by atoms with Crippen molar-refractivity contribution in [3.05, 3.63) is 53.5 Å². The monoisotopic (exact) mass is 352 g/mol. The zero-order chi connectivity index (χ0) is 17.6. The molecule has 0 saturated carbocycles. The van der Waals surface area contributed by atoms with Crippen LogP contribution in [0.5, 0.6) is 0 Å². The minimum absolute atomic E-state index is 0.0770. The minimum Gasteiger partial charge on any atom is -0.453 e. The van der Waals surface area contributed by atoms with Gasteiger partial charge in [0, 0.05) is 20.2 Å². The zero-order valence-corrected chi connectivity index (χ0v) is 14.4. The number of amides is 1. The summed E-state index contributed by atoms with van der Waals surface area (Å²) in [6.07, 6.45) is 0. The zero-order valence-electron chi connectivity index (χ0n) is 13.5. The fraction of sp³-hybridized carbons (Fsp3) is 0.312. The molecule has 24 heavy (non-hydrogen) atoms. The van der Waals surface area contributed by atoms with Crippen molar-refractivity contribution < 1.29 is 22.4 Å². The average Bonchev–Trinajstić information content (AvgIpc) is 3.01. The van der Waals surface area contributed by atoms with E-state index in [9.17, 15) is 13.2 Å². The summed E-state index contributed by atoms with van der Waals surface area (Å²) in [6.45, 7) is 2.38. The highest BCUT2D eigenvalue weighted by Crippen LogP contribution is 2.10. The summed E-state index contributed by atoms with van der Waals surface area (Å²) in [6, 6.07) is 9.72. The van der Waals surface area contributed by atoms with E-state index < -0.39 is 15.9 Å². The van der Waals surface area contributed by atoms with Gasteiger partial charge in [0.05, 0.1) is 4.90 Å². The van der Waals surface area contributed by atoms with E-state index in [-0.39, 0.29) is 30.4 Å². The second-order valence-corrected chi connectivity index (χ2v) is 6.93. The normalized spacial score (nSPS) is 11.4. The van der Waals surface area contributed by atoms with Gasteiger partial charge in [-0.05, 0) is 31.2 Å². The third kappa shape index (κ3) is 4.92. The maximum absolute atomic E-state index is 12.1. The molecule has 0 saturated heterocycles. The number of carbonyl (C=O) groups excluding carboxylic acids is 1. The smallest absolute Gasteiger partial charge is 0.287 e. The molecular weight excluding hydrogens is 332 g/mol. The van der Waals surface area contributed by atoms with Gasteiger partial charge in [0.25, 0.3) is 5.91 Å². The maximum atomic E-state index is 12.1. The Morgan fingerprint density at radius 1 is 1.12 bits per heavy atom. The Kier molecular flexibility index (Phi) is 6.13. The van der Waals surface area contributed by atoms with Crippen molar-refractivity contribution in [3.8, 4) is 0 Å². The summed E-state index contributed by atoms with van der Waals surface area (Å²) in [5.74, 6) is 0.290. The van der Waals surface area contributed by atoms with Crippen LogP contribution in [0.1, 0.15) is 21.9 Å². The lowest BCUT2D eigenvalue weighted by atomic mass is 10.2. The molecule has 1 amide bonds. The predicted molar refractivity (Wildman–Crippen MR) is 88.1 cm³/mol. The second kappa shape index (κ2) is 8.09. The Balaban J connectivity index is 1.81. The molecule has 1 aromatic heterocycles. The molecule has 0 atom stereocenters. The third-order valence-electron chi connectivity index (χ3n) is 3.21. The van der Waals surface area contributed by atoms with Gasteiger partial charge in [-0.15, -0.1) is 0 Å². The summed E-state index contributed by atoms with van der Waals surface area (Å²) >= 11 is 0. The van der Waals surface area contributed by atoms with E-state index in [0.29, 0.717) is 5.76 Å². The molecule has 0 aliphatic rings. The van der Waals surface area contributed by atoms with Gasteiger partial charge in [-0.2, -0.15) is 0 Å². The quantitative estimate of drug-likeness (QED) is 0.701. The highest BCUT2D eigenvalue weighted by Gasteiger charge is 2.14. The molecule has 2 rings (SSSR count). The minimum atomic E-state index is -3.58. The van der Waals surface area contributed by atoms with Crippen molar-refractivity contribution in [1.29, 1.82) is 0 Å². The van der Waals surface area contributed by atoms with Crippen LogP contribution in [-0.2, 0) is 21.4 Å². The van der Waals surface area contributed by atoms with E-state index in [2.05, 4.69) is 10.0 Å². The molecule has 0 radical (unpaired) electrons. The third-order valence-corrected chi connectivity index (χ3v) is 4.68. The maximum Gasteiger partial charge on any atom is 0.287 e. The highest BCUT2D eigenvalue weighted by atomic mass is 32.2. The van der Waals surface area contributed by atoms with Crippen molar-refractivity contribution in [2.24, 2.45) is 0 Å². The van der Waals surface area contributed by atoms with E-state index in [1.54, 1.807) is 24.3 Å². The van der Waals surface area contributed by atoms with Crippen molar-refractivity contribution in [2.75, 3.05) is 20.2 Å². The highest BCUT2D eigenvalue weighted by molar-refractivity contribution is 7.89. The van der Waals surface area contributed by atoms with E-state index in [0.717, 1.165) is 5.56 Å². The van der Waals surface area contributed by atoms with Crippen LogP contribution in [0.15, 0.2) is 45.7 Å². The predicted octanol–water partition coefficient (Wildman–Crippen LogP) is 1.44. The van der Waals surface area contributed by atoms with Crippen molar-refractivity contribution >= 4 is 15.9 Å². The Morgan fingerprint density at radius 2 is 1.83 bits per heavy atom. The SMILES string of the molecule is COCc1ccc(C(=O)NCCNS(=O)(=O)c2ccc(C)cc2)o1. The van der Waals surface area contributed by atoms with Crippen molar-refractivity contribution in [2.45, 2.75) is 18.4 Å². The van der Waals surface area contributed by atoms with Gasteiger partial charge in [0.2, 0.25) is 10.0 Å². The Morgan fingerprint density at radius 3 is 2.50 bits per heavy atom. The number of methoxy groups -OCH3 is 1. The van der Waals surface area contributed by atoms with Crippen LogP contribution in [-0.4, -0.2) is 34.5 Å². The van der Waals surface area contributed by atoms with Gasteiger partial charge in [-0.3, -0.25) is 4.79 Å². The standard InChI is InChI=1S/C16H20N2O5S/c1-12-3-6-14(7-4-12)24(20,21)18-10-9-17-16(19)15-8-5-13(23-15)11-22-2/h3-8,18H,9-11H2,1-2H3,(H,17,19). The Bertz CT molecular complexity index is 781. The van der Waals surface area contributed by atoms with Crippen molar-refractivity contribution in [3.63, 3.8) is 0 Å². The van der Waals surface area contributed by atoms with Gasteiger partial charge in [0.1, 0.15) is 12.4 Å². The van der Waals surface area contributed by atoms with E-state index in [1.807, 2.05) is 6.92 Å². The lowest BCUT2D eigenvalue weighted by Crippen LogP contribution is -2.34. The van der Waals surface area contributed by atoms with Crippen LogP contribution in [0.3, 0.4) is 0 Å². The Labute approximate surface area is 141 Å². The molecule has 7 nitrogen and oxygen atoms in total. The Hall–Kier alpha value is -2.16. The summed E-state index contributed by atoms with van der Waals surface area (Å²) in [4.78, 5) is 12.1. The van der Waals surface area contributed by atoms with Crippen LogP contribution in [0.25, 0.3) is 0 Å². The molecule has 1 aromatic carbocycles. The second-order valence-electron chi connectivity index (χ2n) is 5.17. The molecule has 0 spiro atoms. The molecule has 0 fully saturated rings. The average molecular weight is 352 g/mol. The summed E-state index contributed by atoms with van der Waals surface area (Å²) in [5, 5.41) is 2.59. The number of carbonyl (C=O) groups is 1. The van der Waals surface area contributed by atoms with Gasteiger partial charge < -0.3 is 14.5 Å². The molecule has 0 aliphatic carbocycles. The molecule has 0 unspecified atom stereocenters. The number of sulfonamides is 1. The van der Waals surface area contributed by atoms with Gasteiger partial charge in [0.15, 0.2) is 5.76 Å². The van der Waals surface area contributed by atoms with E-state index in [4.69, 9.17) is 9.15 Å². The molecule has 130 valence electrons. The first-order valence-electron chi connectivity index (χ1n) is 7.34. The molecule has 8 heteroatoms. The largest absolute Gasteiger partial charge is 0.453 e. The van der Waals surface area contributed by atoms with Crippen LogP contribution < -0.4 is 10.0 Å². The first-order valence-corrected chi connectivity index (χ1v) is 8.83. The van der Waals surface area contributed by atoms with Gasteiger partial charge in [-0.25, -0.2) is 13.1 Å². The molecule has 0 bridgehead atoms.